The van der Waals surface area contributed by atoms with E-state index in [-0.39, 0.29) is 28.9 Å². The number of aliphatic hydroxyl groups excluding tert-OH is 1. The molecule has 0 spiro atoms. The predicted molar refractivity (Wildman–Crippen MR) is 141 cm³/mol. The zero-order chi connectivity index (χ0) is 28.7. The highest BCUT2D eigenvalue weighted by molar-refractivity contribution is 6.04. The number of hydrogen-bond donors (Lipinski definition) is 3. The summed E-state index contributed by atoms with van der Waals surface area (Å²) >= 11 is 0. The summed E-state index contributed by atoms with van der Waals surface area (Å²) in [4.78, 5) is 56.0. The number of carbonyl (C=O) groups excluding carboxylic acids is 4. The maximum Gasteiger partial charge on any atom is 0.423 e. The Morgan fingerprint density at radius 1 is 1.10 bits per heavy atom. The van der Waals surface area contributed by atoms with Crippen LogP contribution in [0.15, 0.2) is 30.7 Å². The largest absolute Gasteiger partial charge is 0.426 e. The Kier molecular flexibility index (Phi) is 9.55. The van der Waals surface area contributed by atoms with Gasteiger partial charge < -0.3 is 25.2 Å². The maximum absolute atomic E-state index is 13.5. The van der Waals surface area contributed by atoms with Crippen molar-refractivity contribution in [3.8, 4) is 0 Å². The number of amides is 3. The van der Waals surface area contributed by atoms with E-state index in [0.29, 0.717) is 35.3 Å². The number of esters is 1. The molecule has 3 rings (SSSR count). The van der Waals surface area contributed by atoms with E-state index in [0.717, 1.165) is 11.3 Å². The lowest BCUT2D eigenvalue weighted by atomic mass is 10.1. The smallest absolute Gasteiger partial charge is 0.423 e. The molecule has 3 aromatic rings. The minimum absolute atomic E-state index is 0.0695. The normalized spacial score (nSPS) is 11.5. The molecule has 3 N–H and O–H groups in total. The molecule has 3 amide bonds. The van der Waals surface area contributed by atoms with Crippen LogP contribution < -0.4 is 15.5 Å². The number of carbonyl (C=O) groups is 4. The number of rotatable bonds is 10. The van der Waals surface area contributed by atoms with E-state index >= 15 is 0 Å². The number of nitrogens with one attached hydrogen (secondary N) is 2. The molecule has 0 aliphatic heterocycles. The molecule has 0 aliphatic carbocycles. The molecule has 0 fully saturated rings. The topological polar surface area (TPSA) is 164 Å². The number of nitrogens with zero attached hydrogens (tertiary/aromatic N) is 4. The fourth-order valence-corrected chi connectivity index (χ4v) is 3.74. The number of aliphatic hydroxyl groups is 1. The van der Waals surface area contributed by atoms with Crippen LogP contribution in [0.25, 0.3) is 5.52 Å². The molecule has 208 valence electrons. The van der Waals surface area contributed by atoms with Crippen molar-refractivity contribution in [1.82, 2.24) is 25.2 Å². The van der Waals surface area contributed by atoms with E-state index in [1.807, 2.05) is 6.92 Å². The second-order valence-corrected chi connectivity index (χ2v) is 8.66. The molecule has 0 saturated carbocycles. The first-order valence-electron chi connectivity index (χ1n) is 12.4. The molecule has 1 atom stereocenters. The summed E-state index contributed by atoms with van der Waals surface area (Å²) in [6, 6.07) is 4.79. The van der Waals surface area contributed by atoms with E-state index < -0.39 is 25.0 Å². The summed E-state index contributed by atoms with van der Waals surface area (Å²) in [6.07, 6.45) is 1.11. The van der Waals surface area contributed by atoms with Crippen molar-refractivity contribution < 1.29 is 33.8 Å². The van der Waals surface area contributed by atoms with Crippen molar-refractivity contribution in [2.45, 2.75) is 47.1 Å². The molecule has 2 aromatic heterocycles. The fraction of sp³-hybridized carbons (Fsp3) is 0.385. The van der Waals surface area contributed by atoms with E-state index in [9.17, 15) is 24.3 Å². The van der Waals surface area contributed by atoms with Gasteiger partial charge in [0.25, 0.3) is 11.8 Å². The molecule has 1 aromatic carbocycles. The van der Waals surface area contributed by atoms with Gasteiger partial charge in [-0.1, -0.05) is 13.0 Å². The van der Waals surface area contributed by atoms with Gasteiger partial charge in [-0.05, 0) is 57.4 Å². The molecule has 0 bridgehead atoms. The van der Waals surface area contributed by atoms with Crippen molar-refractivity contribution >= 4 is 40.9 Å². The van der Waals surface area contributed by atoms with Gasteiger partial charge in [-0.3, -0.25) is 9.59 Å². The van der Waals surface area contributed by atoms with E-state index in [2.05, 4.69) is 20.7 Å². The van der Waals surface area contributed by atoms with Gasteiger partial charge in [0, 0.05) is 24.8 Å². The highest BCUT2D eigenvalue weighted by atomic mass is 16.7. The molecule has 2 heterocycles. The van der Waals surface area contributed by atoms with Gasteiger partial charge in [-0.15, -0.1) is 0 Å². The minimum Gasteiger partial charge on any atom is -0.426 e. The average molecular weight is 541 g/mol. The van der Waals surface area contributed by atoms with Crippen LogP contribution >= 0.6 is 0 Å². The van der Waals surface area contributed by atoms with E-state index in [1.54, 1.807) is 32.9 Å². The van der Waals surface area contributed by atoms with Gasteiger partial charge in [-0.2, -0.15) is 5.10 Å². The maximum atomic E-state index is 13.5. The summed E-state index contributed by atoms with van der Waals surface area (Å²) in [5, 5.41) is 19.1. The molecular formula is C26H32N6O7. The average Bonchev–Trinajstić information content (AvgIpc) is 3.25. The fourth-order valence-electron chi connectivity index (χ4n) is 3.74. The van der Waals surface area contributed by atoms with Crippen molar-refractivity contribution in [1.29, 1.82) is 0 Å². The molecule has 0 radical (unpaired) electrons. The van der Waals surface area contributed by atoms with Gasteiger partial charge in [0.2, 0.25) is 6.79 Å². The summed E-state index contributed by atoms with van der Waals surface area (Å²) < 4.78 is 11.4. The SMILES string of the molecule is CCCNC(=O)c1cn2ncnc(N(C(=O)OCOC(=O)C(C)O)c3cc(C(=O)NCC)ccc3C)c2c1C. The van der Waals surface area contributed by atoms with Crippen molar-refractivity contribution in [2.75, 3.05) is 24.8 Å². The van der Waals surface area contributed by atoms with Crippen LogP contribution in [0.1, 0.15) is 59.0 Å². The third kappa shape index (κ3) is 6.49. The number of anilines is 2. The van der Waals surface area contributed by atoms with Crippen LogP contribution in [0.2, 0.25) is 0 Å². The predicted octanol–water partition coefficient (Wildman–Crippen LogP) is 2.39. The van der Waals surface area contributed by atoms with E-state index in [4.69, 9.17) is 9.47 Å². The van der Waals surface area contributed by atoms with Crippen LogP contribution in [0, 0.1) is 13.8 Å². The Morgan fingerprint density at radius 2 is 1.85 bits per heavy atom. The van der Waals surface area contributed by atoms with Crippen molar-refractivity contribution in [2.24, 2.45) is 0 Å². The number of fused-ring (bicyclic) bond motifs is 1. The highest BCUT2D eigenvalue weighted by Gasteiger charge is 2.29. The van der Waals surface area contributed by atoms with Gasteiger partial charge in [0.1, 0.15) is 17.9 Å². The first-order valence-corrected chi connectivity index (χ1v) is 12.4. The quantitative estimate of drug-likeness (QED) is 0.259. The zero-order valence-corrected chi connectivity index (χ0v) is 22.5. The molecule has 39 heavy (non-hydrogen) atoms. The second kappa shape index (κ2) is 12.8. The number of ether oxygens (including phenoxy) is 2. The van der Waals surface area contributed by atoms with Gasteiger partial charge >= 0.3 is 12.1 Å². The zero-order valence-electron chi connectivity index (χ0n) is 22.5. The number of aryl methyl sites for hydroxylation is 2. The Balaban J connectivity index is 2.15. The number of benzene rings is 1. The minimum atomic E-state index is -1.40. The summed E-state index contributed by atoms with van der Waals surface area (Å²) in [5.74, 6) is -1.56. The number of aromatic nitrogens is 3. The number of hydrogen-bond acceptors (Lipinski definition) is 9. The van der Waals surface area contributed by atoms with Crippen LogP contribution in [0.4, 0.5) is 16.3 Å². The Morgan fingerprint density at radius 3 is 2.51 bits per heavy atom. The molecule has 0 aliphatic rings. The first kappa shape index (κ1) is 29.0. The van der Waals surface area contributed by atoms with Crippen LogP contribution in [-0.2, 0) is 14.3 Å². The third-order valence-corrected chi connectivity index (χ3v) is 5.76. The Labute approximate surface area is 225 Å². The lowest BCUT2D eigenvalue weighted by Gasteiger charge is -2.24. The molecule has 13 nitrogen and oxygen atoms in total. The summed E-state index contributed by atoms with van der Waals surface area (Å²) in [6.45, 7) is 8.49. The van der Waals surface area contributed by atoms with Gasteiger partial charge in [-0.25, -0.2) is 24.0 Å². The van der Waals surface area contributed by atoms with Crippen molar-refractivity contribution in [3.05, 3.63) is 53.0 Å². The lowest BCUT2D eigenvalue weighted by molar-refractivity contribution is -0.160. The first-order chi connectivity index (χ1) is 18.6. The lowest BCUT2D eigenvalue weighted by Crippen LogP contribution is -2.31. The van der Waals surface area contributed by atoms with Gasteiger partial charge in [0.15, 0.2) is 5.82 Å². The second-order valence-electron chi connectivity index (χ2n) is 8.66. The van der Waals surface area contributed by atoms with Crippen molar-refractivity contribution in [3.63, 3.8) is 0 Å². The molecule has 0 saturated heterocycles. The molecular weight excluding hydrogens is 508 g/mol. The standard InChI is InChI=1S/C26H32N6O7/c1-6-10-28-24(35)19-12-31-21(16(19)4)22(29-13-30-31)32(26(37)39-14-38-25(36)17(5)33)20-11-18(9-8-15(20)3)23(34)27-7-2/h8-9,11-13,17,33H,6-7,10,14H2,1-5H3,(H,27,34)(H,28,35). The Hall–Kier alpha value is -4.52. The van der Waals surface area contributed by atoms with Crippen LogP contribution in [0.5, 0.6) is 0 Å². The molecule has 13 heteroatoms. The van der Waals surface area contributed by atoms with Crippen LogP contribution in [-0.4, -0.2) is 69.6 Å². The van der Waals surface area contributed by atoms with Crippen LogP contribution in [0.3, 0.4) is 0 Å². The van der Waals surface area contributed by atoms with Gasteiger partial charge in [0.05, 0.1) is 11.3 Å². The Bertz CT molecular complexity index is 1380. The summed E-state index contributed by atoms with van der Waals surface area (Å²) in [5.41, 5.74) is 2.35. The third-order valence-electron chi connectivity index (χ3n) is 5.76. The summed E-state index contributed by atoms with van der Waals surface area (Å²) in [7, 11) is 0. The highest BCUT2D eigenvalue weighted by Crippen LogP contribution is 2.34. The molecule has 1 unspecified atom stereocenters. The monoisotopic (exact) mass is 540 g/mol. The van der Waals surface area contributed by atoms with E-state index in [1.165, 1.54) is 30.0 Å².